The molecule has 3 heterocycles. The number of nitrogens with zero attached hydrogens (tertiary/aromatic N) is 2. The molecule has 1 aromatic heterocycles. The van der Waals surface area contributed by atoms with E-state index >= 15 is 0 Å². The molecule has 2 fully saturated rings. The Balaban J connectivity index is 1.74. The highest BCUT2D eigenvalue weighted by molar-refractivity contribution is 5.79. The van der Waals surface area contributed by atoms with Gasteiger partial charge >= 0.3 is 5.69 Å². The maximum absolute atomic E-state index is 12.8. The monoisotopic (exact) mass is 362 g/mol. The predicted octanol–water partition coefficient (Wildman–Crippen LogP) is 0.165. The molecule has 2 aliphatic heterocycles. The summed E-state index contributed by atoms with van der Waals surface area (Å²) in [6.07, 6.45) is 3.24. The molecule has 2 aliphatic rings. The second-order valence-electron chi connectivity index (χ2n) is 7.52. The van der Waals surface area contributed by atoms with Gasteiger partial charge in [-0.2, -0.15) is 0 Å². The Bertz CT molecular complexity index is 827. The van der Waals surface area contributed by atoms with Gasteiger partial charge in [-0.15, -0.1) is 0 Å². The lowest BCUT2D eigenvalue weighted by Gasteiger charge is -2.48. The lowest BCUT2D eigenvalue weighted by Crippen LogP contribution is -2.55. The van der Waals surface area contributed by atoms with Gasteiger partial charge in [-0.25, -0.2) is 4.79 Å². The summed E-state index contributed by atoms with van der Waals surface area (Å²) in [7, 11) is 0. The minimum Gasteiger partial charge on any atom is -0.342 e. The van der Waals surface area contributed by atoms with Crippen molar-refractivity contribution in [2.24, 2.45) is 5.41 Å². The van der Waals surface area contributed by atoms with Gasteiger partial charge in [0.15, 0.2) is 0 Å². The van der Waals surface area contributed by atoms with E-state index in [0.717, 1.165) is 19.3 Å². The molecule has 26 heavy (non-hydrogen) atoms. The van der Waals surface area contributed by atoms with Crippen LogP contribution in [-0.4, -0.2) is 57.8 Å². The van der Waals surface area contributed by atoms with Crippen molar-refractivity contribution in [2.75, 3.05) is 26.2 Å². The number of carbonyl (C=O) groups is 2. The van der Waals surface area contributed by atoms with E-state index in [4.69, 9.17) is 0 Å². The van der Waals surface area contributed by atoms with E-state index < -0.39 is 11.2 Å². The number of aromatic nitrogens is 2. The van der Waals surface area contributed by atoms with Crippen molar-refractivity contribution < 1.29 is 9.59 Å². The maximum atomic E-state index is 12.8. The fourth-order valence-corrected chi connectivity index (χ4v) is 4.25. The summed E-state index contributed by atoms with van der Waals surface area (Å²) < 4.78 is 0. The molecule has 0 radical (unpaired) electrons. The van der Waals surface area contributed by atoms with Crippen LogP contribution < -0.4 is 11.2 Å². The first-order chi connectivity index (χ1) is 12.3. The van der Waals surface area contributed by atoms with Crippen molar-refractivity contribution >= 4 is 11.8 Å². The number of nitrogens with one attached hydrogen (secondary N) is 2. The van der Waals surface area contributed by atoms with Crippen LogP contribution in [0.15, 0.2) is 9.59 Å². The van der Waals surface area contributed by atoms with Crippen LogP contribution in [-0.2, 0) is 16.0 Å². The zero-order valence-electron chi connectivity index (χ0n) is 15.4. The third kappa shape index (κ3) is 3.59. The van der Waals surface area contributed by atoms with Crippen molar-refractivity contribution in [1.29, 1.82) is 0 Å². The summed E-state index contributed by atoms with van der Waals surface area (Å²) in [6, 6.07) is 0. The standard InChI is InChI=1S/C18H26N4O4/c1-3-21-10-18(7-5-14(21)23)6-4-8-22(11-18)15(24)9-13-12(2)19-17(26)20-16(13)25/h3-11H2,1-2H3,(H2,19,20,25,26)/t18-/m0/s1. The minimum absolute atomic E-state index is 0.0234. The van der Waals surface area contributed by atoms with Gasteiger partial charge in [0, 0.05) is 49.3 Å². The largest absolute Gasteiger partial charge is 0.342 e. The number of carbonyl (C=O) groups excluding carboxylic acids is 2. The predicted molar refractivity (Wildman–Crippen MR) is 95.9 cm³/mol. The van der Waals surface area contributed by atoms with Crippen molar-refractivity contribution in [2.45, 2.75) is 46.0 Å². The molecule has 2 amide bonds. The van der Waals surface area contributed by atoms with Crippen LogP contribution in [0.5, 0.6) is 0 Å². The number of rotatable bonds is 3. The highest BCUT2D eigenvalue weighted by Crippen LogP contribution is 2.38. The molecule has 0 bridgehead atoms. The summed E-state index contributed by atoms with van der Waals surface area (Å²) in [4.78, 5) is 56.5. The summed E-state index contributed by atoms with van der Waals surface area (Å²) in [5.74, 6) is 0.0849. The SMILES string of the molecule is CCN1C[C@]2(CCCN(C(=O)Cc3c(C)[nH]c(=O)[nH]c3=O)C2)CCC1=O. The Labute approximate surface area is 151 Å². The van der Waals surface area contributed by atoms with Crippen LogP contribution >= 0.6 is 0 Å². The van der Waals surface area contributed by atoms with Crippen LogP contribution in [0.3, 0.4) is 0 Å². The van der Waals surface area contributed by atoms with Gasteiger partial charge in [0.05, 0.1) is 6.42 Å². The van der Waals surface area contributed by atoms with E-state index in [-0.39, 0.29) is 23.7 Å². The fourth-order valence-electron chi connectivity index (χ4n) is 4.25. The third-order valence-electron chi connectivity index (χ3n) is 5.73. The molecule has 1 spiro atoms. The van der Waals surface area contributed by atoms with Gasteiger partial charge in [-0.3, -0.25) is 19.4 Å². The number of hydrogen-bond donors (Lipinski definition) is 2. The molecule has 1 atom stereocenters. The second kappa shape index (κ2) is 7.09. The molecule has 8 heteroatoms. The molecule has 1 aromatic rings. The Morgan fingerprint density at radius 2 is 1.92 bits per heavy atom. The molecule has 0 saturated carbocycles. The molecule has 142 valence electrons. The number of likely N-dealkylation sites (tertiary alicyclic amines) is 2. The summed E-state index contributed by atoms with van der Waals surface area (Å²) in [5, 5.41) is 0. The van der Waals surface area contributed by atoms with Gasteiger partial charge in [0.1, 0.15) is 0 Å². The zero-order valence-corrected chi connectivity index (χ0v) is 15.4. The quantitative estimate of drug-likeness (QED) is 0.799. The average Bonchev–Trinajstić information content (AvgIpc) is 2.60. The lowest BCUT2D eigenvalue weighted by molar-refractivity contribution is -0.142. The van der Waals surface area contributed by atoms with Gasteiger partial charge in [0.2, 0.25) is 11.8 Å². The van der Waals surface area contributed by atoms with Crippen LogP contribution in [0.1, 0.15) is 43.9 Å². The highest BCUT2D eigenvalue weighted by Gasteiger charge is 2.42. The zero-order chi connectivity index (χ0) is 18.9. The van der Waals surface area contributed by atoms with Gasteiger partial charge in [-0.1, -0.05) is 0 Å². The van der Waals surface area contributed by atoms with E-state index in [1.165, 1.54) is 0 Å². The van der Waals surface area contributed by atoms with Crippen LogP contribution in [0.4, 0.5) is 0 Å². The molecular formula is C18H26N4O4. The van der Waals surface area contributed by atoms with Crippen molar-refractivity contribution in [3.63, 3.8) is 0 Å². The topological polar surface area (TPSA) is 106 Å². The molecule has 0 aliphatic carbocycles. The first-order valence-electron chi connectivity index (χ1n) is 9.21. The first kappa shape index (κ1) is 18.4. The Hall–Kier alpha value is -2.38. The van der Waals surface area contributed by atoms with Crippen molar-refractivity contribution in [1.82, 2.24) is 19.8 Å². The summed E-state index contributed by atoms with van der Waals surface area (Å²) in [6.45, 7) is 6.29. The number of aromatic amines is 2. The van der Waals surface area contributed by atoms with E-state index in [0.29, 0.717) is 43.9 Å². The number of aryl methyl sites for hydroxylation is 1. The number of hydrogen-bond acceptors (Lipinski definition) is 4. The number of piperidine rings is 2. The molecule has 2 N–H and O–H groups in total. The Kier molecular flexibility index (Phi) is 5.02. The summed E-state index contributed by atoms with van der Waals surface area (Å²) >= 11 is 0. The van der Waals surface area contributed by atoms with E-state index in [9.17, 15) is 19.2 Å². The maximum Gasteiger partial charge on any atom is 0.325 e. The molecule has 8 nitrogen and oxygen atoms in total. The van der Waals surface area contributed by atoms with Crippen molar-refractivity contribution in [3.8, 4) is 0 Å². The number of H-pyrrole nitrogens is 2. The molecule has 0 unspecified atom stereocenters. The van der Waals surface area contributed by atoms with E-state index in [2.05, 4.69) is 9.97 Å². The first-order valence-corrected chi connectivity index (χ1v) is 9.21. The van der Waals surface area contributed by atoms with E-state index in [1.54, 1.807) is 6.92 Å². The molecular weight excluding hydrogens is 336 g/mol. The number of amides is 2. The Morgan fingerprint density at radius 3 is 2.62 bits per heavy atom. The van der Waals surface area contributed by atoms with Crippen LogP contribution in [0, 0.1) is 12.3 Å². The smallest absolute Gasteiger partial charge is 0.325 e. The average molecular weight is 362 g/mol. The molecule has 0 aromatic carbocycles. The molecule has 2 saturated heterocycles. The fraction of sp³-hybridized carbons (Fsp3) is 0.667. The Morgan fingerprint density at radius 1 is 1.15 bits per heavy atom. The van der Waals surface area contributed by atoms with Crippen LogP contribution in [0.25, 0.3) is 0 Å². The lowest BCUT2D eigenvalue weighted by atomic mass is 9.73. The summed E-state index contributed by atoms with van der Waals surface area (Å²) in [5.41, 5.74) is -0.369. The minimum atomic E-state index is -0.563. The second-order valence-corrected chi connectivity index (χ2v) is 7.52. The van der Waals surface area contributed by atoms with Gasteiger partial charge < -0.3 is 14.8 Å². The van der Waals surface area contributed by atoms with Gasteiger partial charge in [0.25, 0.3) is 5.56 Å². The van der Waals surface area contributed by atoms with E-state index in [1.807, 2.05) is 16.7 Å². The molecule has 3 rings (SSSR count). The normalized spacial score (nSPS) is 23.5. The van der Waals surface area contributed by atoms with Gasteiger partial charge in [-0.05, 0) is 33.1 Å². The van der Waals surface area contributed by atoms with Crippen LogP contribution in [0.2, 0.25) is 0 Å². The third-order valence-corrected chi connectivity index (χ3v) is 5.73. The van der Waals surface area contributed by atoms with Crippen molar-refractivity contribution in [3.05, 3.63) is 32.1 Å². The highest BCUT2D eigenvalue weighted by atomic mass is 16.2.